The Morgan fingerprint density at radius 3 is 2.86 bits per heavy atom. The number of fused-ring (bicyclic) bond motifs is 3. The van der Waals surface area contributed by atoms with Gasteiger partial charge in [-0.2, -0.15) is 0 Å². The van der Waals surface area contributed by atoms with Crippen LogP contribution in [-0.2, 0) is 13.0 Å². The summed E-state index contributed by atoms with van der Waals surface area (Å²) in [6.07, 6.45) is 9.18. The topological polar surface area (TPSA) is 30.9 Å². The lowest BCUT2D eigenvalue weighted by atomic mass is 9.89. The molecule has 0 radical (unpaired) electrons. The summed E-state index contributed by atoms with van der Waals surface area (Å²) in [4.78, 5) is 0. The summed E-state index contributed by atoms with van der Waals surface area (Å²) in [5, 5.41) is 1.37. The molecule has 0 aliphatic heterocycles. The van der Waals surface area contributed by atoms with Gasteiger partial charge in [0, 0.05) is 24.3 Å². The summed E-state index contributed by atoms with van der Waals surface area (Å²) >= 11 is 0. The molecule has 2 aliphatic carbocycles. The van der Waals surface area contributed by atoms with Crippen molar-refractivity contribution in [2.75, 3.05) is 0 Å². The van der Waals surface area contributed by atoms with Crippen molar-refractivity contribution in [3.8, 4) is 0 Å². The van der Waals surface area contributed by atoms with Gasteiger partial charge >= 0.3 is 0 Å². The summed E-state index contributed by atoms with van der Waals surface area (Å²) < 4.78 is 2.49. The number of hydrogen-bond donors (Lipinski definition) is 1. The predicted octanol–water partition coefficient (Wildman–Crippen LogP) is 3.97. The average molecular weight is 282 g/mol. The molecular weight excluding hydrogens is 256 g/mol. The zero-order valence-electron chi connectivity index (χ0n) is 13.0. The lowest BCUT2D eigenvalue weighted by molar-refractivity contribution is 0.299. The minimum atomic E-state index is 0.233. The molecule has 4 unspecified atom stereocenters. The molecular formula is C19H26N2. The fraction of sp³-hybridized carbons (Fsp3) is 0.579. The maximum Gasteiger partial charge on any atom is 0.0483 e. The molecule has 112 valence electrons. The van der Waals surface area contributed by atoms with Gasteiger partial charge in [0.1, 0.15) is 0 Å². The first kappa shape index (κ1) is 13.4. The monoisotopic (exact) mass is 282 g/mol. The molecule has 21 heavy (non-hydrogen) atoms. The van der Waals surface area contributed by atoms with Gasteiger partial charge in [-0.25, -0.2) is 0 Å². The SMILES string of the molecule is CC(N)Cc1ccc2ccn(CC3CC4CCC3C4)c2c1. The summed E-state index contributed by atoms with van der Waals surface area (Å²) in [6.45, 7) is 3.30. The van der Waals surface area contributed by atoms with Crippen LogP contribution in [0.2, 0.25) is 0 Å². The largest absolute Gasteiger partial charge is 0.347 e. The summed E-state index contributed by atoms with van der Waals surface area (Å²) in [5.41, 5.74) is 8.71. The zero-order chi connectivity index (χ0) is 14.4. The Morgan fingerprint density at radius 1 is 1.24 bits per heavy atom. The van der Waals surface area contributed by atoms with E-state index in [-0.39, 0.29) is 6.04 Å². The average Bonchev–Trinajstić information content (AvgIpc) is 3.14. The van der Waals surface area contributed by atoms with Crippen LogP contribution in [0.1, 0.15) is 38.2 Å². The van der Waals surface area contributed by atoms with E-state index in [1.54, 1.807) is 0 Å². The van der Waals surface area contributed by atoms with Gasteiger partial charge in [-0.1, -0.05) is 18.6 Å². The molecule has 2 saturated carbocycles. The highest BCUT2D eigenvalue weighted by Gasteiger charge is 2.39. The lowest BCUT2D eigenvalue weighted by Gasteiger charge is -2.22. The van der Waals surface area contributed by atoms with Crippen LogP contribution in [0.5, 0.6) is 0 Å². The summed E-state index contributed by atoms with van der Waals surface area (Å²) in [7, 11) is 0. The van der Waals surface area contributed by atoms with Gasteiger partial charge in [-0.3, -0.25) is 0 Å². The van der Waals surface area contributed by atoms with Crippen LogP contribution >= 0.6 is 0 Å². The maximum atomic E-state index is 5.95. The van der Waals surface area contributed by atoms with Gasteiger partial charge in [0.25, 0.3) is 0 Å². The van der Waals surface area contributed by atoms with Gasteiger partial charge in [0.15, 0.2) is 0 Å². The predicted molar refractivity (Wildman–Crippen MR) is 88.2 cm³/mol. The first-order valence-electron chi connectivity index (χ1n) is 8.52. The number of rotatable bonds is 4. The molecule has 1 aromatic carbocycles. The minimum Gasteiger partial charge on any atom is -0.347 e. The molecule has 2 aromatic rings. The van der Waals surface area contributed by atoms with E-state index in [1.165, 1.54) is 48.7 Å². The zero-order valence-corrected chi connectivity index (χ0v) is 13.0. The molecule has 0 saturated heterocycles. The van der Waals surface area contributed by atoms with Crippen LogP contribution < -0.4 is 5.73 Å². The molecule has 2 nitrogen and oxygen atoms in total. The molecule has 2 heteroatoms. The highest BCUT2D eigenvalue weighted by molar-refractivity contribution is 5.80. The Bertz CT molecular complexity index is 640. The number of nitrogens with zero attached hydrogens (tertiary/aromatic N) is 1. The maximum absolute atomic E-state index is 5.95. The number of hydrogen-bond acceptors (Lipinski definition) is 1. The highest BCUT2D eigenvalue weighted by atomic mass is 15.0. The Kier molecular flexibility index (Phi) is 3.30. The third-order valence-corrected chi connectivity index (χ3v) is 5.71. The van der Waals surface area contributed by atoms with Gasteiger partial charge in [0.05, 0.1) is 0 Å². The van der Waals surface area contributed by atoms with E-state index in [0.29, 0.717) is 0 Å². The summed E-state index contributed by atoms with van der Waals surface area (Å²) in [5.74, 6) is 2.95. The minimum absolute atomic E-state index is 0.233. The Morgan fingerprint density at radius 2 is 2.14 bits per heavy atom. The van der Waals surface area contributed by atoms with Crippen LogP contribution in [0.15, 0.2) is 30.5 Å². The fourth-order valence-corrected chi connectivity index (χ4v) is 4.74. The van der Waals surface area contributed by atoms with Crippen molar-refractivity contribution in [3.05, 3.63) is 36.0 Å². The third kappa shape index (κ3) is 2.50. The molecule has 0 amide bonds. The lowest BCUT2D eigenvalue weighted by Crippen LogP contribution is -2.18. The molecule has 2 fully saturated rings. The highest BCUT2D eigenvalue weighted by Crippen LogP contribution is 2.49. The second-order valence-electron chi connectivity index (χ2n) is 7.48. The van der Waals surface area contributed by atoms with E-state index < -0.39 is 0 Å². The van der Waals surface area contributed by atoms with Crippen molar-refractivity contribution in [2.24, 2.45) is 23.5 Å². The molecule has 0 spiro atoms. The Labute approximate surface area is 127 Å². The van der Waals surface area contributed by atoms with Crippen molar-refractivity contribution >= 4 is 10.9 Å². The Hall–Kier alpha value is -1.28. The van der Waals surface area contributed by atoms with Crippen LogP contribution in [-0.4, -0.2) is 10.6 Å². The van der Waals surface area contributed by atoms with E-state index >= 15 is 0 Å². The second-order valence-corrected chi connectivity index (χ2v) is 7.48. The molecule has 4 atom stereocenters. The molecule has 2 aliphatic rings. The van der Waals surface area contributed by atoms with Crippen LogP contribution in [0.25, 0.3) is 10.9 Å². The van der Waals surface area contributed by atoms with E-state index in [2.05, 4.69) is 42.0 Å². The van der Waals surface area contributed by atoms with Gasteiger partial charge in [-0.05, 0) is 73.4 Å². The summed E-state index contributed by atoms with van der Waals surface area (Å²) in [6, 6.07) is 9.33. The molecule has 1 heterocycles. The number of aromatic nitrogens is 1. The van der Waals surface area contributed by atoms with Crippen molar-refractivity contribution in [1.82, 2.24) is 4.57 Å². The fourth-order valence-electron chi connectivity index (χ4n) is 4.74. The number of nitrogens with two attached hydrogens (primary N) is 1. The van der Waals surface area contributed by atoms with Gasteiger partial charge < -0.3 is 10.3 Å². The van der Waals surface area contributed by atoms with Crippen LogP contribution in [0.4, 0.5) is 0 Å². The smallest absolute Gasteiger partial charge is 0.0483 e. The normalized spacial score (nSPS) is 29.3. The standard InChI is InChI=1S/C19H26N2/c1-13(20)8-14-2-4-16-6-7-21(19(16)11-14)12-18-10-15-3-5-17(18)9-15/h2,4,6-7,11,13,15,17-18H,3,5,8-10,12,20H2,1H3. The second kappa shape index (κ2) is 5.17. The Balaban J connectivity index is 1.59. The van der Waals surface area contributed by atoms with E-state index in [1.807, 2.05) is 0 Å². The van der Waals surface area contributed by atoms with Gasteiger partial charge in [0.2, 0.25) is 0 Å². The van der Waals surface area contributed by atoms with E-state index in [4.69, 9.17) is 5.73 Å². The van der Waals surface area contributed by atoms with Crippen molar-refractivity contribution in [2.45, 2.75) is 51.6 Å². The molecule has 1 aromatic heterocycles. The van der Waals surface area contributed by atoms with Gasteiger partial charge in [-0.15, -0.1) is 0 Å². The van der Waals surface area contributed by atoms with Crippen molar-refractivity contribution in [3.63, 3.8) is 0 Å². The first-order chi connectivity index (χ1) is 10.2. The van der Waals surface area contributed by atoms with Crippen LogP contribution in [0, 0.1) is 17.8 Å². The quantitative estimate of drug-likeness (QED) is 0.904. The molecule has 4 rings (SSSR count). The third-order valence-electron chi connectivity index (χ3n) is 5.71. The molecule has 2 N–H and O–H groups in total. The van der Waals surface area contributed by atoms with Crippen molar-refractivity contribution in [1.29, 1.82) is 0 Å². The van der Waals surface area contributed by atoms with Crippen LogP contribution in [0.3, 0.4) is 0 Å². The number of benzene rings is 1. The van der Waals surface area contributed by atoms with E-state index in [0.717, 1.165) is 24.2 Å². The molecule has 2 bridgehead atoms. The van der Waals surface area contributed by atoms with Crippen molar-refractivity contribution < 1.29 is 0 Å². The first-order valence-corrected chi connectivity index (χ1v) is 8.52. The van der Waals surface area contributed by atoms with E-state index in [9.17, 15) is 0 Å².